The minimum absolute atomic E-state index is 0.716. The van der Waals surface area contributed by atoms with Crippen molar-refractivity contribution in [3.63, 3.8) is 0 Å². The smallest absolute Gasteiger partial charge is 0.134 e. The van der Waals surface area contributed by atoms with Crippen LogP contribution in [-0.2, 0) is 19.5 Å². The lowest BCUT2D eigenvalue weighted by atomic mass is 10.1. The number of nitrogens with zero attached hydrogens (tertiary/aromatic N) is 3. The average Bonchev–Trinajstić information content (AvgIpc) is 3.03. The van der Waals surface area contributed by atoms with Crippen LogP contribution < -0.4 is 0 Å². The highest BCUT2D eigenvalue weighted by Crippen LogP contribution is 2.26. The lowest BCUT2D eigenvalue weighted by Crippen LogP contribution is -2.30. The van der Waals surface area contributed by atoms with Gasteiger partial charge in [0.25, 0.3) is 0 Å². The van der Waals surface area contributed by atoms with Crippen LogP contribution in [0.15, 0.2) is 47.0 Å². The van der Waals surface area contributed by atoms with Crippen LogP contribution >= 0.6 is 11.6 Å². The van der Waals surface area contributed by atoms with Crippen molar-refractivity contribution in [1.82, 2.24) is 14.9 Å². The number of hydrogen-bond acceptors (Lipinski definition) is 4. The molecule has 3 aromatic rings. The Hall–Kier alpha value is -2.17. The minimum Gasteiger partial charge on any atom is -0.460 e. The van der Waals surface area contributed by atoms with Gasteiger partial charge in [-0.25, -0.2) is 9.97 Å². The highest BCUT2D eigenvalue weighted by molar-refractivity contribution is 6.30. The van der Waals surface area contributed by atoms with E-state index in [1.54, 1.807) is 0 Å². The van der Waals surface area contributed by atoms with Gasteiger partial charge >= 0.3 is 0 Å². The molecule has 0 atom stereocenters. The lowest BCUT2D eigenvalue weighted by molar-refractivity contribution is 0.224. The second-order valence-electron chi connectivity index (χ2n) is 6.13. The zero-order valence-corrected chi connectivity index (χ0v) is 14.3. The fraction of sp³-hybridized carbons (Fsp3) is 0.263. The molecule has 1 aromatic carbocycles. The van der Waals surface area contributed by atoms with Crippen LogP contribution in [0.25, 0.3) is 11.3 Å². The molecule has 0 spiro atoms. The second-order valence-corrected chi connectivity index (χ2v) is 6.56. The van der Waals surface area contributed by atoms with Gasteiger partial charge in [0.15, 0.2) is 0 Å². The summed E-state index contributed by atoms with van der Waals surface area (Å²) < 4.78 is 6.00. The molecule has 0 saturated heterocycles. The van der Waals surface area contributed by atoms with Crippen LogP contribution in [0.1, 0.15) is 22.8 Å². The first-order valence-electron chi connectivity index (χ1n) is 8.06. The number of fused-ring (bicyclic) bond motifs is 1. The predicted octanol–water partition coefficient (Wildman–Crippen LogP) is 4.26. The van der Waals surface area contributed by atoms with E-state index in [0.717, 1.165) is 49.0 Å². The zero-order valence-electron chi connectivity index (χ0n) is 13.5. The molecule has 0 N–H and O–H groups in total. The molecule has 3 heterocycles. The third-order valence-electron chi connectivity index (χ3n) is 4.28. The van der Waals surface area contributed by atoms with Crippen molar-refractivity contribution >= 4 is 11.6 Å². The summed E-state index contributed by atoms with van der Waals surface area (Å²) in [7, 11) is 0. The van der Waals surface area contributed by atoms with Gasteiger partial charge in [-0.2, -0.15) is 0 Å². The van der Waals surface area contributed by atoms with Gasteiger partial charge in [-0.1, -0.05) is 23.7 Å². The number of furan rings is 1. The zero-order chi connectivity index (χ0) is 16.5. The van der Waals surface area contributed by atoms with Crippen LogP contribution in [0.4, 0.5) is 0 Å². The van der Waals surface area contributed by atoms with Gasteiger partial charge in [-0.3, -0.25) is 4.90 Å². The van der Waals surface area contributed by atoms with E-state index < -0.39 is 0 Å². The molecule has 4 nitrogen and oxygen atoms in total. The quantitative estimate of drug-likeness (QED) is 0.715. The van der Waals surface area contributed by atoms with Crippen molar-refractivity contribution in [1.29, 1.82) is 0 Å². The molecule has 0 amide bonds. The molecule has 0 fully saturated rings. The Kier molecular flexibility index (Phi) is 4.08. The van der Waals surface area contributed by atoms with E-state index in [9.17, 15) is 0 Å². The molecular weight excluding hydrogens is 322 g/mol. The van der Waals surface area contributed by atoms with Gasteiger partial charge in [-0.05, 0) is 31.2 Å². The first kappa shape index (κ1) is 15.4. The topological polar surface area (TPSA) is 42.2 Å². The Balaban J connectivity index is 1.48. The summed E-state index contributed by atoms with van der Waals surface area (Å²) >= 11 is 6.05. The van der Waals surface area contributed by atoms with Gasteiger partial charge in [0.1, 0.15) is 17.3 Å². The molecule has 1 aliphatic heterocycles. The summed E-state index contributed by atoms with van der Waals surface area (Å²) in [6, 6.07) is 11.8. The van der Waals surface area contributed by atoms with Crippen LogP contribution in [0, 0.1) is 6.92 Å². The maximum absolute atomic E-state index is 6.05. The summed E-state index contributed by atoms with van der Waals surface area (Å²) in [6.45, 7) is 4.57. The van der Waals surface area contributed by atoms with E-state index >= 15 is 0 Å². The predicted molar refractivity (Wildman–Crippen MR) is 93.7 cm³/mol. The minimum atomic E-state index is 0.716. The lowest BCUT2D eigenvalue weighted by Gasteiger charge is -2.27. The Morgan fingerprint density at radius 1 is 1.25 bits per heavy atom. The standard InChI is InChI=1S/C19H18ClN3O/c1-13-21-10-15-11-23(8-7-18(15)22-13)12-17-5-6-19(24-17)14-3-2-4-16(20)9-14/h2-6,9-10H,7-8,11-12H2,1H3. The number of rotatable bonds is 3. The summed E-state index contributed by atoms with van der Waals surface area (Å²) in [5.74, 6) is 2.66. The van der Waals surface area contributed by atoms with Gasteiger partial charge in [0.2, 0.25) is 0 Å². The molecule has 0 bridgehead atoms. The number of hydrogen-bond donors (Lipinski definition) is 0. The largest absolute Gasteiger partial charge is 0.460 e. The summed E-state index contributed by atoms with van der Waals surface area (Å²) in [5, 5.41) is 0.716. The van der Waals surface area contributed by atoms with Crippen molar-refractivity contribution < 1.29 is 4.42 Å². The van der Waals surface area contributed by atoms with Crippen LogP contribution in [0.5, 0.6) is 0 Å². The van der Waals surface area contributed by atoms with Crippen molar-refractivity contribution in [2.75, 3.05) is 6.54 Å². The maximum Gasteiger partial charge on any atom is 0.134 e. The number of benzene rings is 1. The molecule has 0 aliphatic carbocycles. The van der Waals surface area contributed by atoms with Crippen molar-refractivity contribution in [2.45, 2.75) is 26.4 Å². The maximum atomic E-state index is 6.05. The van der Waals surface area contributed by atoms with Gasteiger partial charge in [0, 0.05) is 47.6 Å². The monoisotopic (exact) mass is 339 g/mol. The molecule has 5 heteroatoms. The Labute approximate surface area is 146 Å². The molecule has 1 aliphatic rings. The van der Waals surface area contributed by atoms with E-state index in [1.807, 2.05) is 49.5 Å². The van der Waals surface area contributed by atoms with E-state index in [4.69, 9.17) is 16.0 Å². The van der Waals surface area contributed by atoms with E-state index in [2.05, 4.69) is 14.9 Å². The second kappa shape index (κ2) is 6.38. The van der Waals surface area contributed by atoms with Gasteiger partial charge in [-0.15, -0.1) is 0 Å². The van der Waals surface area contributed by atoms with E-state index in [1.165, 1.54) is 11.3 Å². The third-order valence-corrected chi connectivity index (χ3v) is 4.52. The molecule has 0 radical (unpaired) electrons. The highest BCUT2D eigenvalue weighted by atomic mass is 35.5. The molecular formula is C19H18ClN3O. The first-order valence-corrected chi connectivity index (χ1v) is 8.43. The number of aryl methyl sites for hydroxylation is 1. The van der Waals surface area contributed by atoms with Crippen molar-refractivity contribution in [2.24, 2.45) is 0 Å². The molecule has 24 heavy (non-hydrogen) atoms. The summed E-state index contributed by atoms with van der Waals surface area (Å²) in [5.41, 5.74) is 3.40. The Bertz CT molecular complexity index is 875. The van der Waals surface area contributed by atoms with Crippen LogP contribution in [0.2, 0.25) is 5.02 Å². The first-order chi connectivity index (χ1) is 11.7. The molecule has 4 rings (SSSR count). The van der Waals surface area contributed by atoms with E-state index in [0.29, 0.717) is 5.02 Å². The third kappa shape index (κ3) is 3.21. The molecule has 0 saturated carbocycles. The fourth-order valence-electron chi connectivity index (χ4n) is 3.09. The molecule has 0 unspecified atom stereocenters. The fourth-order valence-corrected chi connectivity index (χ4v) is 3.28. The van der Waals surface area contributed by atoms with Crippen LogP contribution in [-0.4, -0.2) is 21.4 Å². The van der Waals surface area contributed by atoms with Crippen molar-refractivity contribution in [3.05, 3.63) is 70.5 Å². The molecule has 122 valence electrons. The Morgan fingerprint density at radius 3 is 3.04 bits per heavy atom. The SMILES string of the molecule is Cc1ncc2c(n1)CCN(Cc1ccc(-c3cccc(Cl)c3)o1)C2. The van der Waals surface area contributed by atoms with Gasteiger partial charge < -0.3 is 4.42 Å². The van der Waals surface area contributed by atoms with E-state index in [-0.39, 0.29) is 0 Å². The Morgan fingerprint density at radius 2 is 2.17 bits per heavy atom. The van der Waals surface area contributed by atoms with Crippen molar-refractivity contribution in [3.8, 4) is 11.3 Å². The molecule has 2 aromatic heterocycles. The number of halogens is 1. The van der Waals surface area contributed by atoms with Crippen LogP contribution in [0.3, 0.4) is 0 Å². The average molecular weight is 340 g/mol. The summed E-state index contributed by atoms with van der Waals surface area (Å²) in [6.07, 6.45) is 2.91. The summed E-state index contributed by atoms with van der Waals surface area (Å²) in [4.78, 5) is 11.2. The number of aromatic nitrogens is 2. The normalized spacial score (nSPS) is 14.6. The van der Waals surface area contributed by atoms with Gasteiger partial charge in [0.05, 0.1) is 6.54 Å². The highest BCUT2D eigenvalue weighted by Gasteiger charge is 2.19.